The molecule has 0 heterocycles. The van der Waals surface area contributed by atoms with Gasteiger partial charge in [-0.1, -0.05) is 81.5 Å². The zero-order valence-corrected chi connectivity index (χ0v) is 22.9. The Balaban J connectivity index is 2.31. The molecule has 1 amide bonds. The first-order chi connectivity index (χ1) is 17.5. The Morgan fingerprint density at radius 2 is 1.50 bits per heavy atom. The summed E-state index contributed by atoms with van der Waals surface area (Å²) >= 11 is 1.64. The number of nitrogens with one attached hydrogen (secondary N) is 1. The molecule has 0 radical (unpaired) electrons. The highest BCUT2D eigenvalue weighted by molar-refractivity contribution is 8.01. The van der Waals surface area contributed by atoms with E-state index < -0.39 is 10.7 Å². The van der Waals surface area contributed by atoms with Crippen LogP contribution < -0.4 is 5.32 Å². The largest absolute Gasteiger partial charge is 0.507 e. The van der Waals surface area contributed by atoms with Gasteiger partial charge in [0, 0.05) is 0 Å². The first kappa shape index (κ1) is 31.3. The quantitative estimate of drug-likeness (QED) is 0.124. The molecule has 0 unspecified atom stereocenters. The van der Waals surface area contributed by atoms with Gasteiger partial charge in [0.1, 0.15) is 17.1 Å². The molecule has 1 rings (SSSR count). The molecular weight excluding hydrogens is 470 g/mol. The molecular formula is C30H43NO4S. The number of aromatic hydroxyl groups is 1. The van der Waals surface area contributed by atoms with Crippen molar-refractivity contribution in [2.24, 2.45) is 0 Å². The maximum Gasteiger partial charge on any atom is 0.322 e. The van der Waals surface area contributed by atoms with Gasteiger partial charge in [-0.15, -0.1) is 11.8 Å². The monoisotopic (exact) mass is 513 g/mol. The molecule has 0 atom stereocenters. The van der Waals surface area contributed by atoms with Crippen molar-refractivity contribution in [2.45, 2.75) is 70.5 Å². The Hall–Kier alpha value is -2.73. The Morgan fingerprint density at radius 3 is 2.08 bits per heavy atom. The SMILES string of the molecule is CC/C=C\C/C=C\C/C=C\C/C=C\CCSC(CC)(CC)C(=O)OCCNC(=O)c1ccccc1O. The highest BCUT2D eigenvalue weighted by Gasteiger charge is 2.36. The van der Waals surface area contributed by atoms with Crippen LogP contribution in [0.25, 0.3) is 0 Å². The fourth-order valence-corrected chi connectivity index (χ4v) is 4.65. The molecule has 0 bridgehead atoms. The van der Waals surface area contributed by atoms with Gasteiger partial charge in [0.05, 0.1) is 12.1 Å². The van der Waals surface area contributed by atoms with Crippen molar-refractivity contribution >= 4 is 23.6 Å². The lowest BCUT2D eigenvalue weighted by Crippen LogP contribution is -2.38. The maximum absolute atomic E-state index is 12.8. The summed E-state index contributed by atoms with van der Waals surface area (Å²) in [6, 6.07) is 6.34. The summed E-state index contributed by atoms with van der Waals surface area (Å²) in [5.74, 6) is 0.135. The van der Waals surface area contributed by atoms with Gasteiger partial charge >= 0.3 is 5.97 Å². The van der Waals surface area contributed by atoms with Crippen molar-refractivity contribution in [1.29, 1.82) is 0 Å². The zero-order valence-electron chi connectivity index (χ0n) is 22.1. The first-order valence-electron chi connectivity index (χ1n) is 13.0. The second-order valence-corrected chi connectivity index (χ2v) is 9.73. The molecule has 0 aliphatic heterocycles. The number of rotatable bonds is 18. The minimum atomic E-state index is -0.575. The van der Waals surface area contributed by atoms with Crippen LogP contribution in [0.15, 0.2) is 72.9 Å². The van der Waals surface area contributed by atoms with Crippen LogP contribution in [-0.2, 0) is 9.53 Å². The minimum absolute atomic E-state index is 0.0763. The predicted octanol–water partition coefficient (Wildman–Crippen LogP) is 7.15. The number of hydrogen-bond acceptors (Lipinski definition) is 5. The Kier molecular flexibility index (Phi) is 16.9. The number of benzene rings is 1. The summed E-state index contributed by atoms with van der Waals surface area (Å²) < 4.78 is 4.93. The van der Waals surface area contributed by atoms with Crippen LogP contribution in [0.3, 0.4) is 0 Å². The normalized spacial score (nSPS) is 12.3. The number of para-hydroxylation sites is 1. The number of amides is 1. The lowest BCUT2D eigenvalue weighted by Gasteiger charge is -2.28. The summed E-state index contributed by atoms with van der Waals surface area (Å²) in [4.78, 5) is 25.0. The third-order valence-electron chi connectivity index (χ3n) is 5.67. The highest BCUT2D eigenvalue weighted by Crippen LogP contribution is 2.34. The van der Waals surface area contributed by atoms with E-state index in [0.717, 1.165) is 37.9 Å². The number of phenols is 1. The summed E-state index contributed by atoms with van der Waals surface area (Å²) in [6.45, 7) is 6.44. The van der Waals surface area contributed by atoms with Crippen LogP contribution in [-0.4, -0.2) is 40.6 Å². The van der Waals surface area contributed by atoms with Crippen molar-refractivity contribution in [2.75, 3.05) is 18.9 Å². The lowest BCUT2D eigenvalue weighted by molar-refractivity contribution is -0.146. The summed E-state index contributed by atoms with van der Waals surface area (Å²) in [5, 5.41) is 12.4. The van der Waals surface area contributed by atoms with Crippen molar-refractivity contribution in [1.82, 2.24) is 5.32 Å². The van der Waals surface area contributed by atoms with Gasteiger partial charge in [0.15, 0.2) is 0 Å². The van der Waals surface area contributed by atoms with Crippen LogP contribution in [0.5, 0.6) is 5.75 Å². The Bertz CT molecular complexity index is 885. The molecule has 2 N–H and O–H groups in total. The fourth-order valence-electron chi connectivity index (χ4n) is 3.42. The molecule has 0 fully saturated rings. The van der Waals surface area contributed by atoms with Crippen LogP contribution >= 0.6 is 11.8 Å². The standard InChI is InChI=1S/C30H43NO4S/c1-4-7-8-9-10-11-12-13-14-15-16-17-20-25-36-30(5-2,6-3)29(34)35-24-23-31-28(33)26-21-18-19-22-27(26)32/h7-8,10-11,13-14,16-19,21-22,32H,4-6,9,12,15,20,23-25H2,1-3H3,(H,31,33)/b8-7-,11-10-,14-13-,17-16-. The molecule has 6 heteroatoms. The van der Waals surface area contributed by atoms with Crippen LogP contribution in [0, 0.1) is 0 Å². The van der Waals surface area contributed by atoms with Gasteiger partial charge in [-0.05, 0) is 62.8 Å². The average Bonchev–Trinajstić information content (AvgIpc) is 2.89. The molecule has 198 valence electrons. The number of thioether (sulfide) groups is 1. The Morgan fingerprint density at radius 1 is 0.917 bits per heavy atom. The molecule has 0 spiro atoms. The van der Waals surface area contributed by atoms with E-state index in [4.69, 9.17) is 4.74 Å². The number of carbonyl (C=O) groups is 2. The van der Waals surface area contributed by atoms with Gasteiger partial charge in [-0.2, -0.15) is 0 Å². The Labute approximate surface area is 221 Å². The van der Waals surface area contributed by atoms with Crippen LogP contribution in [0.4, 0.5) is 0 Å². The second-order valence-electron chi connectivity index (χ2n) is 8.25. The van der Waals surface area contributed by atoms with E-state index in [1.807, 2.05) is 13.8 Å². The van der Waals surface area contributed by atoms with Crippen LogP contribution in [0.1, 0.15) is 76.1 Å². The zero-order chi connectivity index (χ0) is 26.5. The third kappa shape index (κ3) is 12.3. The van der Waals surface area contributed by atoms with E-state index >= 15 is 0 Å². The summed E-state index contributed by atoms with van der Waals surface area (Å²) in [7, 11) is 0. The number of phenolic OH excluding ortho intramolecular Hbond substituents is 1. The lowest BCUT2D eigenvalue weighted by atomic mass is 10.0. The van der Waals surface area contributed by atoms with E-state index in [1.54, 1.807) is 30.0 Å². The van der Waals surface area contributed by atoms with E-state index in [-0.39, 0.29) is 30.4 Å². The highest BCUT2D eigenvalue weighted by atomic mass is 32.2. The molecule has 36 heavy (non-hydrogen) atoms. The second kappa shape index (κ2) is 19.5. The molecule has 0 saturated heterocycles. The molecule has 0 aliphatic carbocycles. The summed E-state index contributed by atoms with van der Waals surface area (Å²) in [6.07, 6.45) is 23.7. The van der Waals surface area contributed by atoms with Crippen molar-refractivity contribution < 1.29 is 19.4 Å². The molecule has 1 aromatic carbocycles. The van der Waals surface area contributed by atoms with E-state index in [0.29, 0.717) is 12.8 Å². The smallest absolute Gasteiger partial charge is 0.322 e. The number of esters is 1. The predicted molar refractivity (Wildman–Crippen MR) is 152 cm³/mol. The number of ether oxygens (including phenoxy) is 1. The van der Waals surface area contributed by atoms with Crippen molar-refractivity contribution in [3.63, 3.8) is 0 Å². The van der Waals surface area contributed by atoms with Gasteiger partial charge in [0.2, 0.25) is 0 Å². The minimum Gasteiger partial charge on any atom is -0.507 e. The van der Waals surface area contributed by atoms with Gasteiger partial charge in [0.25, 0.3) is 5.91 Å². The molecule has 0 saturated carbocycles. The maximum atomic E-state index is 12.8. The molecule has 1 aromatic rings. The fraction of sp³-hybridized carbons (Fsp3) is 0.467. The average molecular weight is 514 g/mol. The number of allylic oxidation sites excluding steroid dienone is 8. The van der Waals surface area contributed by atoms with Gasteiger partial charge < -0.3 is 15.2 Å². The number of carbonyl (C=O) groups excluding carboxylic acids is 2. The topological polar surface area (TPSA) is 75.6 Å². The van der Waals surface area contributed by atoms with Gasteiger partial charge in [-0.3, -0.25) is 9.59 Å². The van der Waals surface area contributed by atoms with Crippen molar-refractivity contribution in [3.05, 3.63) is 78.4 Å². The number of hydrogen-bond donors (Lipinski definition) is 2. The molecule has 0 aromatic heterocycles. The van der Waals surface area contributed by atoms with E-state index in [1.165, 1.54) is 6.07 Å². The van der Waals surface area contributed by atoms with E-state index in [9.17, 15) is 14.7 Å². The molecule has 5 nitrogen and oxygen atoms in total. The van der Waals surface area contributed by atoms with Crippen LogP contribution in [0.2, 0.25) is 0 Å². The van der Waals surface area contributed by atoms with Gasteiger partial charge in [-0.25, -0.2) is 0 Å². The first-order valence-corrected chi connectivity index (χ1v) is 14.0. The molecule has 0 aliphatic rings. The summed E-state index contributed by atoms with van der Waals surface area (Å²) in [5.41, 5.74) is 0.201. The van der Waals surface area contributed by atoms with Crippen molar-refractivity contribution in [3.8, 4) is 5.75 Å². The van der Waals surface area contributed by atoms with E-state index in [2.05, 4.69) is 60.8 Å². The third-order valence-corrected chi connectivity index (χ3v) is 7.40.